The molecule has 0 fully saturated rings. The number of hydrogen-bond donors (Lipinski definition) is 0. The molecule has 1 heterocycles. The van der Waals surface area contributed by atoms with Crippen LogP contribution in [-0.2, 0) is 0 Å². The Morgan fingerprint density at radius 2 is 2.00 bits per heavy atom. The highest BCUT2D eigenvalue weighted by atomic mass is 35.5. The van der Waals surface area contributed by atoms with Crippen molar-refractivity contribution < 1.29 is 13.9 Å². The molecule has 0 atom stereocenters. The first-order valence-electron chi connectivity index (χ1n) is 7.05. The number of ketones is 1. The van der Waals surface area contributed by atoms with Crippen molar-refractivity contribution in [3.63, 3.8) is 0 Å². The van der Waals surface area contributed by atoms with Gasteiger partial charge >= 0.3 is 0 Å². The Morgan fingerprint density at radius 3 is 2.71 bits per heavy atom. The lowest BCUT2D eigenvalue weighted by Crippen LogP contribution is -2.02. The number of nitrogens with zero attached hydrogens (tertiary/aromatic N) is 2. The zero-order valence-electron chi connectivity index (χ0n) is 12.7. The summed E-state index contributed by atoms with van der Waals surface area (Å²) in [6, 6.07) is 14.1. The van der Waals surface area contributed by atoms with Gasteiger partial charge in [0.25, 0.3) is 5.22 Å². The zero-order chi connectivity index (χ0) is 16.9. The number of ether oxygens (including phenoxy) is 1. The third-order valence-corrected chi connectivity index (χ3v) is 4.27. The molecule has 0 aliphatic rings. The smallest absolute Gasteiger partial charge is 0.277 e. The van der Waals surface area contributed by atoms with Gasteiger partial charge in [0.2, 0.25) is 5.89 Å². The standard InChI is InChI=1S/C17H13ClN2O3S/c1-22-14-7-5-11(6-8-14)15(21)10-24-17-20-19-16(23-17)12-3-2-4-13(18)9-12/h2-9H,10H2,1H3. The molecule has 24 heavy (non-hydrogen) atoms. The topological polar surface area (TPSA) is 65.2 Å². The van der Waals surface area contributed by atoms with Gasteiger partial charge in [0, 0.05) is 16.1 Å². The first kappa shape index (κ1) is 16.5. The van der Waals surface area contributed by atoms with Crippen LogP contribution in [-0.4, -0.2) is 28.8 Å². The van der Waals surface area contributed by atoms with Crippen molar-refractivity contribution in [3.8, 4) is 17.2 Å². The molecule has 0 spiro atoms. The Balaban J connectivity index is 1.63. The van der Waals surface area contributed by atoms with E-state index in [4.69, 9.17) is 20.8 Å². The second-order valence-corrected chi connectivity index (χ2v) is 6.19. The number of methoxy groups -OCH3 is 1. The van der Waals surface area contributed by atoms with E-state index in [9.17, 15) is 4.79 Å². The molecule has 0 unspecified atom stereocenters. The van der Waals surface area contributed by atoms with Crippen molar-refractivity contribution in [2.75, 3.05) is 12.9 Å². The Morgan fingerprint density at radius 1 is 1.21 bits per heavy atom. The Kier molecular flexibility index (Phi) is 5.17. The number of carbonyl (C=O) groups excluding carboxylic acids is 1. The quantitative estimate of drug-likeness (QED) is 0.480. The summed E-state index contributed by atoms with van der Waals surface area (Å²) in [5, 5.41) is 8.86. The molecule has 0 amide bonds. The predicted molar refractivity (Wildman–Crippen MR) is 92.8 cm³/mol. The average Bonchev–Trinajstić information content (AvgIpc) is 3.09. The minimum absolute atomic E-state index is 0.0230. The van der Waals surface area contributed by atoms with Gasteiger partial charge in [-0.05, 0) is 42.5 Å². The summed E-state index contributed by atoms with van der Waals surface area (Å²) in [4.78, 5) is 12.2. The molecule has 0 aliphatic heterocycles. The van der Waals surface area contributed by atoms with Crippen LogP contribution in [0.15, 0.2) is 58.2 Å². The summed E-state index contributed by atoms with van der Waals surface area (Å²) in [5.74, 6) is 1.27. The summed E-state index contributed by atoms with van der Waals surface area (Å²) in [7, 11) is 1.58. The molecule has 122 valence electrons. The maximum atomic E-state index is 12.2. The number of rotatable bonds is 6. The van der Waals surface area contributed by atoms with E-state index >= 15 is 0 Å². The zero-order valence-corrected chi connectivity index (χ0v) is 14.3. The Bertz CT molecular complexity index is 849. The number of hydrogen-bond acceptors (Lipinski definition) is 6. The van der Waals surface area contributed by atoms with Gasteiger partial charge in [0.05, 0.1) is 12.9 Å². The molecule has 0 saturated carbocycles. The number of aromatic nitrogens is 2. The molecule has 1 aromatic heterocycles. The highest BCUT2D eigenvalue weighted by Crippen LogP contribution is 2.25. The fourth-order valence-electron chi connectivity index (χ4n) is 1.99. The number of carbonyl (C=O) groups is 1. The number of thioether (sulfide) groups is 1. The molecular formula is C17H13ClN2O3S. The monoisotopic (exact) mass is 360 g/mol. The molecular weight excluding hydrogens is 348 g/mol. The van der Waals surface area contributed by atoms with Gasteiger partial charge in [0.15, 0.2) is 5.78 Å². The van der Waals surface area contributed by atoms with Crippen molar-refractivity contribution in [3.05, 3.63) is 59.1 Å². The van der Waals surface area contributed by atoms with Crippen molar-refractivity contribution in [1.29, 1.82) is 0 Å². The molecule has 0 saturated heterocycles. The average molecular weight is 361 g/mol. The second-order valence-electron chi connectivity index (χ2n) is 4.82. The van der Waals surface area contributed by atoms with Gasteiger partial charge in [-0.3, -0.25) is 4.79 Å². The summed E-state index contributed by atoms with van der Waals surface area (Å²) in [6.07, 6.45) is 0. The second kappa shape index (κ2) is 7.51. The fourth-order valence-corrected chi connectivity index (χ4v) is 2.84. The third kappa shape index (κ3) is 3.96. The van der Waals surface area contributed by atoms with Gasteiger partial charge in [0.1, 0.15) is 5.75 Å². The number of benzene rings is 2. The van der Waals surface area contributed by atoms with E-state index in [0.717, 1.165) is 5.56 Å². The molecule has 0 aliphatic carbocycles. The van der Waals surface area contributed by atoms with Crippen molar-refractivity contribution in [1.82, 2.24) is 10.2 Å². The van der Waals surface area contributed by atoms with Crippen molar-refractivity contribution in [2.24, 2.45) is 0 Å². The van der Waals surface area contributed by atoms with E-state index in [1.807, 2.05) is 12.1 Å². The maximum absolute atomic E-state index is 12.2. The van der Waals surface area contributed by atoms with Gasteiger partial charge in [-0.25, -0.2) is 0 Å². The largest absolute Gasteiger partial charge is 0.497 e. The van der Waals surface area contributed by atoms with Gasteiger partial charge in [-0.1, -0.05) is 29.4 Å². The van der Waals surface area contributed by atoms with Crippen LogP contribution in [0.5, 0.6) is 5.75 Å². The van der Waals surface area contributed by atoms with Crippen LogP contribution in [0.25, 0.3) is 11.5 Å². The summed E-state index contributed by atoms with van der Waals surface area (Å²) in [6.45, 7) is 0. The lowest BCUT2D eigenvalue weighted by atomic mass is 10.1. The van der Waals surface area contributed by atoms with Crippen LogP contribution < -0.4 is 4.74 Å². The van der Waals surface area contributed by atoms with Crippen LogP contribution >= 0.6 is 23.4 Å². The van der Waals surface area contributed by atoms with Gasteiger partial charge < -0.3 is 9.15 Å². The van der Waals surface area contributed by atoms with Gasteiger partial charge in [-0.15, -0.1) is 10.2 Å². The number of halogens is 1. The SMILES string of the molecule is COc1ccc(C(=O)CSc2nnc(-c3cccc(Cl)c3)o2)cc1. The minimum Gasteiger partial charge on any atom is -0.497 e. The van der Waals surface area contributed by atoms with E-state index in [2.05, 4.69) is 10.2 Å². The molecule has 3 rings (SSSR count). The molecule has 0 radical (unpaired) electrons. The molecule has 2 aromatic carbocycles. The first-order chi connectivity index (χ1) is 11.7. The van der Waals surface area contributed by atoms with Crippen molar-refractivity contribution >= 4 is 29.1 Å². The van der Waals surface area contributed by atoms with E-state index in [1.54, 1.807) is 43.5 Å². The first-order valence-corrected chi connectivity index (χ1v) is 8.41. The fraction of sp³-hybridized carbons (Fsp3) is 0.118. The highest BCUT2D eigenvalue weighted by Gasteiger charge is 2.12. The minimum atomic E-state index is -0.0230. The van der Waals surface area contributed by atoms with Crippen LogP contribution in [0.3, 0.4) is 0 Å². The maximum Gasteiger partial charge on any atom is 0.277 e. The Labute approximate surface area is 148 Å². The summed E-state index contributed by atoms with van der Waals surface area (Å²) in [5.41, 5.74) is 1.35. The summed E-state index contributed by atoms with van der Waals surface area (Å²) < 4.78 is 10.6. The van der Waals surface area contributed by atoms with E-state index in [1.165, 1.54) is 11.8 Å². The summed E-state index contributed by atoms with van der Waals surface area (Å²) >= 11 is 7.14. The lowest BCUT2D eigenvalue weighted by Gasteiger charge is -2.01. The molecule has 0 bridgehead atoms. The molecule has 3 aromatic rings. The van der Waals surface area contributed by atoms with Gasteiger partial charge in [-0.2, -0.15) is 0 Å². The van der Waals surface area contributed by atoms with Crippen LogP contribution in [0, 0.1) is 0 Å². The van der Waals surface area contributed by atoms with E-state index < -0.39 is 0 Å². The third-order valence-electron chi connectivity index (χ3n) is 3.22. The molecule has 0 N–H and O–H groups in total. The highest BCUT2D eigenvalue weighted by molar-refractivity contribution is 7.99. The van der Waals surface area contributed by atoms with Crippen LogP contribution in [0.2, 0.25) is 5.02 Å². The number of Topliss-reactive ketones (excluding diaryl/α,β-unsaturated/α-hetero) is 1. The Hall–Kier alpha value is -2.31. The molecule has 7 heteroatoms. The lowest BCUT2D eigenvalue weighted by molar-refractivity contribution is 0.102. The van der Waals surface area contributed by atoms with E-state index in [-0.39, 0.29) is 11.5 Å². The predicted octanol–water partition coefficient (Wildman–Crippen LogP) is 4.37. The molecule has 5 nitrogen and oxygen atoms in total. The normalized spacial score (nSPS) is 10.6. The van der Waals surface area contributed by atoms with E-state index in [0.29, 0.717) is 27.4 Å². The van der Waals surface area contributed by atoms with Crippen molar-refractivity contribution in [2.45, 2.75) is 5.22 Å². The van der Waals surface area contributed by atoms with Crippen LogP contribution in [0.1, 0.15) is 10.4 Å². The van der Waals surface area contributed by atoms with Crippen LogP contribution in [0.4, 0.5) is 0 Å².